The molecule has 2 amide bonds. The molecule has 2 N–H and O–H groups in total. The number of para-hydroxylation sites is 2. The van der Waals surface area contributed by atoms with Crippen LogP contribution in [0.4, 0.5) is 24.5 Å². The van der Waals surface area contributed by atoms with Gasteiger partial charge in [0, 0.05) is 5.56 Å². The molecule has 0 aliphatic carbocycles. The molecule has 0 saturated carbocycles. The summed E-state index contributed by atoms with van der Waals surface area (Å²) in [6, 6.07) is 11.8. The molecule has 0 unspecified atom stereocenters. The molecule has 5 nitrogen and oxygen atoms in total. The molecule has 0 radical (unpaired) electrons. The van der Waals surface area contributed by atoms with Gasteiger partial charge in [-0.2, -0.15) is 13.2 Å². The summed E-state index contributed by atoms with van der Waals surface area (Å²) in [5.41, 5.74) is 0.144. The quantitative estimate of drug-likeness (QED) is 0.897. The zero-order chi connectivity index (χ0) is 17.7. The SMILES string of the molecule is COc1cccc(C(=O)Nc2ccccc2NC(=O)C(F)(F)F)c1. The Bertz CT molecular complexity index is 760. The summed E-state index contributed by atoms with van der Waals surface area (Å²) < 4.78 is 42.1. The first-order valence-electron chi connectivity index (χ1n) is 6.74. The number of alkyl halides is 3. The first-order valence-corrected chi connectivity index (χ1v) is 6.74. The highest BCUT2D eigenvalue weighted by molar-refractivity contribution is 6.07. The third-order valence-electron chi connectivity index (χ3n) is 3.01. The maximum atomic E-state index is 12.4. The summed E-state index contributed by atoms with van der Waals surface area (Å²) in [6.45, 7) is 0. The van der Waals surface area contributed by atoms with E-state index < -0.39 is 18.0 Å². The molecule has 0 aliphatic heterocycles. The molecule has 24 heavy (non-hydrogen) atoms. The first-order chi connectivity index (χ1) is 11.3. The number of carbonyl (C=O) groups excluding carboxylic acids is 2. The van der Waals surface area contributed by atoms with Gasteiger partial charge in [-0.3, -0.25) is 9.59 Å². The van der Waals surface area contributed by atoms with E-state index in [-0.39, 0.29) is 16.9 Å². The third kappa shape index (κ3) is 4.25. The molecule has 0 bridgehead atoms. The Labute approximate surface area is 135 Å². The van der Waals surface area contributed by atoms with Gasteiger partial charge in [0.1, 0.15) is 5.75 Å². The van der Waals surface area contributed by atoms with Crippen LogP contribution < -0.4 is 15.4 Å². The highest BCUT2D eigenvalue weighted by atomic mass is 19.4. The molecule has 0 aromatic heterocycles. The lowest BCUT2D eigenvalue weighted by Crippen LogP contribution is -2.30. The van der Waals surface area contributed by atoms with Crippen molar-refractivity contribution in [2.24, 2.45) is 0 Å². The molecule has 2 aromatic rings. The molecule has 2 aromatic carbocycles. The Kier molecular flexibility index (Phi) is 5.08. The summed E-state index contributed by atoms with van der Waals surface area (Å²) in [5.74, 6) is -2.21. The van der Waals surface area contributed by atoms with E-state index in [9.17, 15) is 22.8 Å². The van der Waals surface area contributed by atoms with Crippen molar-refractivity contribution in [2.45, 2.75) is 6.18 Å². The van der Waals surface area contributed by atoms with Crippen LogP contribution in [0.25, 0.3) is 0 Å². The van der Waals surface area contributed by atoms with E-state index >= 15 is 0 Å². The number of carbonyl (C=O) groups is 2. The molecule has 126 valence electrons. The van der Waals surface area contributed by atoms with Crippen LogP contribution in [0.15, 0.2) is 48.5 Å². The van der Waals surface area contributed by atoms with Crippen molar-refractivity contribution in [3.63, 3.8) is 0 Å². The number of ether oxygens (including phenoxy) is 1. The Morgan fingerprint density at radius 3 is 2.17 bits per heavy atom. The zero-order valence-corrected chi connectivity index (χ0v) is 12.5. The topological polar surface area (TPSA) is 67.4 Å². The van der Waals surface area contributed by atoms with Crippen LogP contribution in [0, 0.1) is 0 Å². The van der Waals surface area contributed by atoms with E-state index in [2.05, 4.69) is 5.32 Å². The first kappa shape index (κ1) is 17.3. The fourth-order valence-electron chi connectivity index (χ4n) is 1.85. The molecule has 0 atom stereocenters. The van der Waals surface area contributed by atoms with Crippen LogP contribution in [-0.4, -0.2) is 25.1 Å². The summed E-state index contributed by atoms with van der Waals surface area (Å²) >= 11 is 0. The van der Waals surface area contributed by atoms with Crippen molar-refractivity contribution in [3.05, 3.63) is 54.1 Å². The van der Waals surface area contributed by atoms with Gasteiger partial charge in [0.2, 0.25) is 0 Å². The van der Waals surface area contributed by atoms with Gasteiger partial charge in [-0.15, -0.1) is 0 Å². The van der Waals surface area contributed by atoms with Crippen molar-refractivity contribution in [1.29, 1.82) is 0 Å². The average molecular weight is 338 g/mol. The van der Waals surface area contributed by atoms with Crippen LogP contribution in [-0.2, 0) is 4.79 Å². The molecule has 0 saturated heterocycles. The Morgan fingerprint density at radius 1 is 0.958 bits per heavy atom. The molecule has 0 heterocycles. The van der Waals surface area contributed by atoms with E-state index in [1.165, 1.54) is 43.5 Å². The molecular weight excluding hydrogens is 325 g/mol. The fourth-order valence-corrected chi connectivity index (χ4v) is 1.85. The fraction of sp³-hybridized carbons (Fsp3) is 0.125. The number of amides is 2. The second kappa shape index (κ2) is 7.03. The number of nitrogens with one attached hydrogen (secondary N) is 2. The number of hydrogen-bond acceptors (Lipinski definition) is 3. The van der Waals surface area contributed by atoms with Crippen LogP contribution in [0.3, 0.4) is 0 Å². The van der Waals surface area contributed by atoms with Crippen LogP contribution in [0.1, 0.15) is 10.4 Å². The number of methoxy groups -OCH3 is 1. The lowest BCUT2D eigenvalue weighted by molar-refractivity contribution is -0.167. The second-order valence-electron chi connectivity index (χ2n) is 4.68. The predicted molar refractivity (Wildman–Crippen MR) is 82.1 cm³/mol. The summed E-state index contributed by atoms with van der Waals surface area (Å²) in [4.78, 5) is 23.3. The molecule has 2 rings (SSSR count). The van der Waals surface area contributed by atoms with Crippen molar-refractivity contribution in [1.82, 2.24) is 0 Å². The summed E-state index contributed by atoms with van der Waals surface area (Å²) in [6.07, 6.45) is -5.02. The third-order valence-corrected chi connectivity index (χ3v) is 3.01. The average Bonchev–Trinajstić information content (AvgIpc) is 2.55. The molecule has 0 spiro atoms. The van der Waals surface area contributed by atoms with Crippen LogP contribution >= 0.6 is 0 Å². The maximum absolute atomic E-state index is 12.4. The lowest BCUT2D eigenvalue weighted by Gasteiger charge is -2.13. The van der Waals surface area contributed by atoms with Gasteiger partial charge in [-0.05, 0) is 30.3 Å². The monoisotopic (exact) mass is 338 g/mol. The number of benzene rings is 2. The van der Waals surface area contributed by atoms with E-state index in [4.69, 9.17) is 4.74 Å². The van der Waals surface area contributed by atoms with Gasteiger partial charge >= 0.3 is 12.1 Å². The number of rotatable bonds is 4. The summed E-state index contributed by atoms with van der Waals surface area (Å²) in [7, 11) is 1.44. The zero-order valence-electron chi connectivity index (χ0n) is 12.5. The van der Waals surface area contributed by atoms with E-state index in [1.807, 2.05) is 0 Å². The highest BCUT2D eigenvalue weighted by Crippen LogP contribution is 2.25. The standard InChI is InChI=1S/C16H13F3N2O3/c1-24-11-6-4-5-10(9-11)14(22)20-12-7-2-3-8-13(12)21-15(23)16(17,18)19/h2-9H,1H3,(H,20,22)(H,21,23). The van der Waals surface area contributed by atoms with E-state index in [1.54, 1.807) is 17.4 Å². The molecule has 0 fully saturated rings. The number of anilines is 2. The summed E-state index contributed by atoms with van der Waals surface area (Å²) in [5, 5.41) is 4.18. The highest BCUT2D eigenvalue weighted by Gasteiger charge is 2.39. The van der Waals surface area contributed by atoms with Gasteiger partial charge in [0.15, 0.2) is 0 Å². The minimum absolute atomic E-state index is 0.0444. The Morgan fingerprint density at radius 2 is 1.58 bits per heavy atom. The van der Waals surface area contributed by atoms with E-state index in [0.29, 0.717) is 5.75 Å². The lowest BCUT2D eigenvalue weighted by atomic mass is 10.2. The Balaban J connectivity index is 2.20. The van der Waals surface area contributed by atoms with Gasteiger partial charge in [0.25, 0.3) is 5.91 Å². The van der Waals surface area contributed by atoms with Crippen molar-refractivity contribution in [2.75, 3.05) is 17.7 Å². The van der Waals surface area contributed by atoms with Gasteiger partial charge in [-0.1, -0.05) is 18.2 Å². The molecular formula is C16H13F3N2O3. The number of hydrogen-bond donors (Lipinski definition) is 2. The van der Waals surface area contributed by atoms with Crippen molar-refractivity contribution in [3.8, 4) is 5.75 Å². The predicted octanol–water partition coefficient (Wildman–Crippen LogP) is 3.45. The van der Waals surface area contributed by atoms with Crippen molar-refractivity contribution < 1.29 is 27.5 Å². The second-order valence-corrected chi connectivity index (χ2v) is 4.68. The van der Waals surface area contributed by atoms with Gasteiger partial charge < -0.3 is 15.4 Å². The minimum atomic E-state index is -5.02. The van der Waals surface area contributed by atoms with E-state index in [0.717, 1.165) is 0 Å². The van der Waals surface area contributed by atoms with Crippen molar-refractivity contribution >= 4 is 23.2 Å². The number of halogens is 3. The Hall–Kier alpha value is -3.03. The van der Waals surface area contributed by atoms with Crippen LogP contribution in [0.2, 0.25) is 0 Å². The normalized spacial score (nSPS) is 10.8. The molecule has 8 heteroatoms. The minimum Gasteiger partial charge on any atom is -0.497 e. The van der Waals surface area contributed by atoms with Gasteiger partial charge in [-0.25, -0.2) is 0 Å². The van der Waals surface area contributed by atoms with Gasteiger partial charge in [0.05, 0.1) is 18.5 Å². The molecule has 0 aliphatic rings. The largest absolute Gasteiger partial charge is 0.497 e. The smallest absolute Gasteiger partial charge is 0.471 e. The maximum Gasteiger partial charge on any atom is 0.471 e. The van der Waals surface area contributed by atoms with Crippen LogP contribution in [0.5, 0.6) is 5.75 Å².